The van der Waals surface area contributed by atoms with Crippen LogP contribution in [0.1, 0.15) is 31.9 Å². The molecule has 0 saturated heterocycles. The number of sulfonamides is 1. The highest BCUT2D eigenvalue weighted by Crippen LogP contribution is 2.22. The Morgan fingerprint density at radius 2 is 1.84 bits per heavy atom. The SMILES string of the molecule is Cc1ccc(S(=O)(=O)N(C)CC(C)(C)C)cc1CN. The van der Waals surface area contributed by atoms with Crippen LogP contribution in [0.4, 0.5) is 0 Å². The van der Waals surface area contributed by atoms with Gasteiger partial charge in [0, 0.05) is 20.1 Å². The van der Waals surface area contributed by atoms with Crippen LogP contribution in [0.3, 0.4) is 0 Å². The second kappa shape index (κ2) is 5.61. The van der Waals surface area contributed by atoms with Crippen molar-refractivity contribution in [1.82, 2.24) is 4.31 Å². The Hall–Kier alpha value is -0.910. The monoisotopic (exact) mass is 284 g/mol. The molecule has 0 atom stereocenters. The number of nitrogens with zero attached hydrogens (tertiary/aromatic N) is 1. The maximum atomic E-state index is 12.5. The smallest absolute Gasteiger partial charge is 0.242 e. The largest absolute Gasteiger partial charge is 0.326 e. The molecule has 1 aromatic carbocycles. The van der Waals surface area contributed by atoms with Gasteiger partial charge in [0.2, 0.25) is 10.0 Å². The molecule has 0 unspecified atom stereocenters. The van der Waals surface area contributed by atoms with Crippen LogP contribution in [-0.2, 0) is 16.6 Å². The van der Waals surface area contributed by atoms with Gasteiger partial charge >= 0.3 is 0 Å². The molecule has 0 saturated carbocycles. The third-order valence-corrected chi connectivity index (χ3v) is 4.75. The third kappa shape index (κ3) is 4.03. The molecule has 1 rings (SSSR count). The van der Waals surface area contributed by atoms with Crippen molar-refractivity contribution in [1.29, 1.82) is 0 Å². The summed E-state index contributed by atoms with van der Waals surface area (Å²) in [5, 5.41) is 0. The summed E-state index contributed by atoms with van der Waals surface area (Å²) in [6.45, 7) is 8.79. The van der Waals surface area contributed by atoms with Crippen molar-refractivity contribution in [2.24, 2.45) is 11.1 Å². The Morgan fingerprint density at radius 3 is 2.32 bits per heavy atom. The normalized spacial score (nSPS) is 13.0. The summed E-state index contributed by atoms with van der Waals surface area (Å²) in [7, 11) is -1.83. The van der Waals surface area contributed by atoms with Gasteiger partial charge in [0.25, 0.3) is 0 Å². The summed E-state index contributed by atoms with van der Waals surface area (Å²) in [6, 6.07) is 5.12. The van der Waals surface area contributed by atoms with Crippen LogP contribution in [0.15, 0.2) is 23.1 Å². The van der Waals surface area contributed by atoms with Crippen LogP contribution < -0.4 is 5.73 Å². The number of hydrogen-bond acceptors (Lipinski definition) is 3. The van der Waals surface area contributed by atoms with Crippen LogP contribution in [0.5, 0.6) is 0 Å². The summed E-state index contributed by atoms with van der Waals surface area (Å²) in [5.74, 6) is 0. The highest BCUT2D eigenvalue weighted by Gasteiger charge is 2.25. The molecular formula is C14H24N2O2S. The molecule has 0 aromatic heterocycles. The maximum Gasteiger partial charge on any atom is 0.242 e. The summed E-state index contributed by atoms with van der Waals surface area (Å²) in [5.41, 5.74) is 7.43. The fraction of sp³-hybridized carbons (Fsp3) is 0.571. The quantitative estimate of drug-likeness (QED) is 0.921. The lowest BCUT2D eigenvalue weighted by Crippen LogP contribution is -2.34. The van der Waals surface area contributed by atoms with Gasteiger partial charge in [-0.2, -0.15) is 0 Å². The molecule has 0 heterocycles. The zero-order valence-electron chi connectivity index (χ0n) is 12.4. The first-order valence-electron chi connectivity index (χ1n) is 6.34. The van der Waals surface area contributed by atoms with Crippen molar-refractivity contribution in [2.75, 3.05) is 13.6 Å². The maximum absolute atomic E-state index is 12.5. The molecule has 0 bridgehead atoms. The van der Waals surface area contributed by atoms with E-state index >= 15 is 0 Å². The first-order chi connectivity index (χ1) is 8.58. The lowest BCUT2D eigenvalue weighted by Gasteiger charge is -2.26. The first kappa shape index (κ1) is 16.1. The van der Waals surface area contributed by atoms with Crippen LogP contribution in [-0.4, -0.2) is 26.3 Å². The molecule has 0 aliphatic rings. The Bertz CT molecular complexity index is 545. The highest BCUT2D eigenvalue weighted by molar-refractivity contribution is 7.89. The van der Waals surface area contributed by atoms with E-state index in [0.717, 1.165) is 11.1 Å². The molecule has 0 aliphatic carbocycles. The topological polar surface area (TPSA) is 63.4 Å². The summed E-state index contributed by atoms with van der Waals surface area (Å²) in [6.07, 6.45) is 0. The molecule has 19 heavy (non-hydrogen) atoms. The number of nitrogens with two attached hydrogens (primary N) is 1. The Labute approximate surface area is 116 Å². The minimum Gasteiger partial charge on any atom is -0.326 e. The van der Waals surface area contributed by atoms with Crippen LogP contribution >= 0.6 is 0 Å². The number of aryl methyl sites for hydroxylation is 1. The van der Waals surface area contributed by atoms with E-state index in [1.54, 1.807) is 25.2 Å². The van der Waals surface area contributed by atoms with Crippen LogP contribution in [0.25, 0.3) is 0 Å². The fourth-order valence-electron chi connectivity index (χ4n) is 1.96. The lowest BCUT2D eigenvalue weighted by atomic mass is 9.97. The number of rotatable bonds is 4. The Kier molecular flexibility index (Phi) is 4.76. The van der Waals surface area contributed by atoms with E-state index in [0.29, 0.717) is 18.0 Å². The average molecular weight is 284 g/mol. The van der Waals surface area contributed by atoms with Gasteiger partial charge in [-0.15, -0.1) is 0 Å². The molecular weight excluding hydrogens is 260 g/mol. The summed E-state index contributed by atoms with van der Waals surface area (Å²) < 4.78 is 26.3. The minimum absolute atomic E-state index is 0.0801. The van der Waals surface area contributed by atoms with Crippen molar-refractivity contribution >= 4 is 10.0 Å². The van der Waals surface area contributed by atoms with Crippen molar-refractivity contribution in [3.8, 4) is 0 Å². The summed E-state index contributed by atoms with van der Waals surface area (Å²) >= 11 is 0. The molecule has 0 radical (unpaired) electrons. The van der Waals surface area contributed by atoms with Gasteiger partial charge in [0.1, 0.15) is 0 Å². The lowest BCUT2D eigenvalue weighted by molar-refractivity contribution is 0.311. The fourth-order valence-corrected chi connectivity index (χ4v) is 3.41. The van der Waals surface area contributed by atoms with E-state index in [-0.39, 0.29) is 5.41 Å². The van der Waals surface area contributed by atoms with Crippen molar-refractivity contribution in [3.63, 3.8) is 0 Å². The van der Waals surface area contributed by atoms with E-state index in [9.17, 15) is 8.42 Å². The molecule has 0 aliphatic heterocycles. The minimum atomic E-state index is -3.44. The molecule has 0 fully saturated rings. The second-order valence-corrected chi connectivity index (χ2v) is 8.16. The molecule has 4 nitrogen and oxygen atoms in total. The molecule has 2 N–H and O–H groups in total. The van der Waals surface area contributed by atoms with E-state index in [2.05, 4.69) is 0 Å². The van der Waals surface area contributed by atoms with E-state index < -0.39 is 10.0 Å². The van der Waals surface area contributed by atoms with Gasteiger partial charge < -0.3 is 5.73 Å². The number of hydrogen-bond donors (Lipinski definition) is 1. The van der Waals surface area contributed by atoms with Gasteiger partial charge in [-0.3, -0.25) is 0 Å². The standard InChI is InChI=1S/C14H24N2O2S/c1-11-6-7-13(8-12(11)9-15)19(17,18)16(5)10-14(2,3)4/h6-8H,9-10,15H2,1-5H3. The Balaban J connectivity index is 3.13. The molecule has 0 spiro atoms. The van der Waals surface area contributed by atoms with E-state index in [1.165, 1.54) is 4.31 Å². The zero-order valence-corrected chi connectivity index (χ0v) is 13.2. The van der Waals surface area contributed by atoms with Gasteiger partial charge in [-0.05, 0) is 35.6 Å². The summed E-state index contributed by atoms with van der Waals surface area (Å²) in [4.78, 5) is 0.310. The highest BCUT2D eigenvalue weighted by atomic mass is 32.2. The third-order valence-electron chi connectivity index (χ3n) is 2.95. The van der Waals surface area contributed by atoms with Gasteiger partial charge in [0.05, 0.1) is 4.90 Å². The van der Waals surface area contributed by atoms with Gasteiger partial charge in [0.15, 0.2) is 0 Å². The molecule has 1 aromatic rings. The predicted octanol–water partition coefficient (Wildman–Crippen LogP) is 2.12. The van der Waals surface area contributed by atoms with E-state index in [4.69, 9.17) is 5.73 Å². The van der Waals surface area contributed by atoms with Gasteiger partial charge in [-0.25, -0.2) is 12.7 Å². The van der Waals surface area contributed by atoms with Gasteiger partial charge in [-0.1, -0.05) is 26.8 Å². The van der Waals surface area contributed by atoms with Crippen molar-refractivity contribution < 1.29 is 8.42 Å². The van der Waals surface area contributed by atoms with Crippen molar-refractivity contribution in [2.45, 2.75) is 39.1 Å². The Morgan fingerprint density at radius 1 is 1.26 bits per heavy atom. The molecule has 5 heteroatoms. The molecule has 108 valence electrons. The van der Waals surface area contributed by atoms with E-state index in [1.807, 2.05) is 27.7 Å². The predicted molar refractivity (Wildman–Crippen MR) is 78.3 cm³/mol. The van der Waals surface area contributed by atoms with Crippen LogP contribution in [0, 0.1) is 12.3 Å². The average Bonchev–Trinajstić information content (AvgIpc) is 2.27. The zero-order chi connectivity index (χ0) is 14.8. The van der Waals surface area contributed by atoms with Crippen LogP contribution in [0.2, 0.25) is 0 Å². The first-order valence-corrected chi connectivity index (χ1v) is 7.78. The molecule has 0 amide bonds. The van der Waals surface area contributed by atoms with Crippen molar-refractivity contribution in [3.05, 3.63) is 29.3 Å². The second-order valence-electron chi connectivity index (χ2n) is 6.11. The number of benzene rings is 1.